The summed E-state index contributed by atoms with van der Waals surface area (Å²) in [5, 5.41) is 2.16. The maximum absolute atomic E-state index is 6.07. The van der Waals surface area contributed by atoms with Crippen molar-refractivity contribution in [2.75, 3.05) is 12.4 Å². The molecule has 90 valence electrons. The SMILES string of the molecule is ClCC1CCCCCN1Cc1cc(Br)cs1. The van der Waals surface area contributed by atoms with Crippen LogP contribution in [0.15, 0.2) is 15.9 Å². The quantitative estimate of drug-likeness (QED) is 0.741. The van der Waals surface area contributed by atoms with E-state index >= 15 is 0 Å². The lowest BCUT2D eigenvalue weighted by Crippen LogP contribution is -2.35. The van der Waals surface area contributed by atoms with Crippen molar-refractivity contribution in [1.82, 2.24) is 4.90 Å². The predicted octanol–water partition coefficient (Wildman–Crippen LogP) is 4.49. The van der Waals surface area contributed by atoms with Crippen molar-refractivity contribution in [3.63, 3.8) is 0 Å². The van der Waals surface area contributed by atoms with Crippen molar-refractivity contribution >= 4 is 38.9 Å². The third-order valence-corrected chi connectivity index (χ3v) is 5.20. The van der Waals surface area contributed by atoms with E-state index in [1.165, 1.54) is 41.6 Å². The first kappa shape index (κ1) is 12.9. The summed E-state index contributed by atoms with van der Waals surface area (Å²) in [6, 6.07) is 2.80. The summed E-state index contributed by atoms with van der Waals surface area (Å²) in [4.78, 5) is 3.99. The highest BCUT2D eigenvalue weighted by Crippen LogP contribution is 2.25. The van der Waals surface area contributed by atoms with Gasteiger partial charge in [0.25, 0.3) is 0 Å². The lowest BCUT2D eigenvalue weighted by molar-refractivity contribution is 0.209. The topological polar surface area (TPSA) is 3.24 Å². The third kappa shape index (κ3) is 3.46. The van der Waals surface area contributed by atoms with Gasteiger partial charge in [-0.2, -0.15) is 0 Å². The van der Waals surface area contributed by atoms with Crippen LogP contribution in [-0.4, -0.2) is 23.4 Å². The molecule has 0 radical (unpaired) electrons. The van der Waals surface area contributed by atoms with E-state index in [9.17, 15) is 0 Å². The maximum atomic E-state index is 6.07. The molecule has 1 unspecified atom stereocenters. The van der Waals surface area contributed by atoms with Crippen LogP contribution >= 0.6 is 38.9 Å². The number of alkyl halides is 1. The molecule has 0 aliphatic carbocycles. The van der Waals surface area contributed by atoms with Crippen LogP contribution in [0.4, 0.5) is 0 Å². The van der Waals surface area contributed by atoms with Gasteiger partial charge in [-0.25, -0.2) is 0 Å². The molecule has 2 heterocycles. The van der Waals surface area contributed by atoms with Crippen molar-refractivity contribution in [3.05, 3.63) is 20.8 Å². The van der Waals surface area contributed by atoms with E-state index in [1.54, 1.807) is 0 Å². The average molecular weight is 323 g/mol. The van der Waals surface area contributed by atoms with E-state index in [0.29, 0.717) is 6.04 Å². The zero-order valence-corrected chi connectivity index (χ0v) is 12.5. The number of hydrogen-bond donors (Lipinski definition) is 0. The van der Waals surface area contributed by atoms with Crippen LogP contribution < -0.4 is 0 Å². The van der Waals surface area contributed by atoms with Crippen LogP contribution in [0, 0.1) is 0 Å². The normalized spacial score (nSPS) is 23.2. The number of thiophene rings is 1. The molecule has 0 N–H and O–H groups in total. The Morgan fingerprint density at radius 1 is 1.44 bits per heavy atom. The molecule has 1 aromatic heterocycles. The summed E-state index contributed by atoms with van der Waals surface area (Å²) in [6.45, 7) is 2.26. The van der Waals surface area contributed by atoms with E-state index in [1.807, 2.05) is 11.3 Å². The number of halogens is 2. The Hall–Kier alpha value is 0.430. The Morgan fingerprint density at radius 3 is 3.00 bits per heavy atom. The molecule has 2 rings (SSSR count). The number of rotatable bonds is 3. The fourth-order valence-corrected chi connectivity index (χ4v) is 4.08. The molecule has 16 heavy (non-hydrogen) atoms. The van der Waals surface area contributed by atoms with E-state index in [0.717, 1.165) is 12.4 Å². The smallest absolute Gasteiger partial charge is 0.0379 e. The predicted molar refractivity (Wildman–Crippen MR) is 75.4 cm³/mol. The summed E-state index contributed by atoms with van der Waals surface area (Å²) in [5.41, 5.74) is 0. The highest BCUT2D eigenvalue weighted by Gasteiger charge is 2.20. The average Bonchev–Trinajstić information content (AvgIpc) is 2.56. The van der Waals surface area contributed by atoms with Crippen molar-refractivity contribution in [1.29, 1.82) is 0 Å². The molecule has 0 bridgehead atoms. The third-order valence-electron chi connectivity index (χ3n) is 3.16. The molecule has 0 amide bonds. The van der Waals surface area contributed by atoms with Crippen LogP contribution in [-0.2, 0) is 6.54 Å². The largest absolute Gasteiger partial charge is 0.294 e. The Balaban J connectivity index is 1.99. The van der Waals surface area contributed by atoms with Crippen molar-refractivity contribution in [2.24, 2.45) is 0 Å². The molecule has 0 aromatic carbocycles. The first-order valence-corrected chi connectivity index (χ1v) is 8.03. The zero-order valence-electron chi connectivity index (χ0n) is 9.29. The zero-order chi connectivity index (χ0) is 11.4. The van der Waals surface area contributed by atoms with Gasteiger partial charge in [-0.05, 0) is 41.4 Å². The Kier molecular flexibility index (Phi) is 5.14. The number of nitrogens with zero attached hydrogens (tertiary/aromatic N) is 1. The summed E-state index contributed by atoms with van der Waals surface area (Å²) in [7, 11) is 0. The van der Waals surface area contributed by atoms with Crippen molar-refractivity contribution in [3.8, 4) is 0 Å². The van der Waals surface area contributed by atoms with Crippen molar-refractivity contribution < 1.29 is 0 Å². The summed E-state index contributed by atoms with van der Waals surface area (Å²) in [6.07, 6.45) is 5.27. The highest BCUT2D eigenvalue weighted by molar-refractivity contribution is 9.10. The summed E-state index contributed by atoms with van der Waals surface area (Å²) < 4.78 is 1.20. The first-order valence-electron chi connectivity index (χ1n) is 5.82. The molecular weight excluding hydrogens is 306 g/mol. The second-order valence-corrected chi connectivity index (χ2v) is 6.58. The van der Waals surface area contributed by atoms with Gasteiger partial charge in [0.15, 0.2) is 0 Å². The van der Waals surface area contributed by atoms with Gasteiger partial charge in [-0.15, -0.1) is 22.9 Å². The van der Waals surface area contributed by atoms with Crippen LogP contribution in [0.1, 0.15) is 30.6 Å². The molecule has 1 aliphatic heterocycles. The van der Waals surface area contributed by atoms with Gasteiger partial charge in [-0.3, -0.25) is 4.90 Å². The molecule has 1 saturated heterocycles. The van der Waals surface area contributed by atoms with Gasteiger partial charge < -0.3 is 0 Å². The molecule has 1 nitrogen and oxygen atoms in total. The van der Waals surface area contributed by atoms with Crippen LogP contribution in [0.25, 0.3) is 0 Å². The van der Waals surface area contributed by atoms with Gasteiger partial charge in [0.2, 0.25) is 0 Å². The number of hydrogen-bond acceptors (Lipinski definition) is 2. The highest BCUT2D eigenvalue weighted by atomic mass is 79.9. The monoisotopic (exact) mass is 321 g/mol. The van der Waals surface area contributed by atoms with Gasteiger partial charge >= 0.3 is 0 Å². The molecule has 1 fully saturated rings. The Morgan fingerprint density at radius 2 is 2.31 bits per heavy atom. The molecular formula is C12H17BrClNS. The maximum Gasteiger partial charge on any atom is 0.0379 e. The number of likely N-dealkylation sites (tertiary alicyclic amines) is 1. The summed E-state index contributed by atoms with van der Waals surface area (Å²) >= 11 is 11.4. The van der Waals surface area contributed by atoms with E-state index in [2.05, 4.69) is 32.3 Å². The lowest BCUT2D eigenvalue weighted by Gasteiger charge is -2.27. The summed E-state index contributed by atoms with van der Waals surface area (Å²) in [5.74, 6) is 0.770. The van der Waals surface area contributed by atoms with Gasteiger partial charge in [0.1, 0.15) is 0 Å². The fraction of sp³-hybridized carbons (Fsp3) is 0.667. The van der Waals surface area contributed by atoms with Gasteiger partial charge in [-0.1, -0.05) is 12.8 Å². The first-order chi connectivity index (χ1) is 7.79. The fourth-order valence-electron chi connectivity index (χ4n) is 2.26. The molecule has 1 atom stereocenters. The van der Waals surface area contributed by atoms with E-state index < -0.39 is 0 Å². The van der Waals surface area contributed by atoms with E-state index in [-0.39, 0.29) is 0 Å². The standard InChI is InChI=1S/C12H17BrClNS/c13-10-6-12(16-9-10)8-15-5-3-1-2-4-11(15)7-14/h6,9,11H,1-5,7-8H2. The second kappa shape index (κ2) is 6.39. The minimum atomic E-state index is 0.574. The van der Waals surface area contributed by atoms with Crippen LogP contribution in [0.3, 0.4) is 0 Å². The van der Waals surface area contributed by atoms with E-state index in [4.69, 9.17) is 11.6 Å². The Labute approximate surface area is 115 Å². The van der Waals surface area contributed by atoms with Crippen LogP contribution in [0.5, 0.6) is 0 Å². The Bertz CT molecular complexity index is 329. The van der Waals surface area contributed by atoms with Gasteiger partial charge in [0.05, 0.1) is 0 Å². The second-order valence-electron chi connectivity index (χ2n) is 4.36. The lowest BCUT2D eigenvalue weighted by atomic mass is 10.1. The minimum Gasteiger partial charge on any atom is -0.294 e. The molecule has 1 aromatic rings. The van der Waals surface area contributed by atoms with Crippen molar-refractivity contribution in [2.45, 2.75) is 38.3 Å². The molecule has 0 saturated carbocycles. The minimum absolute atomic E-state index is 0.574. The molecule has 4 heteroatoms. The molecule has 0 spiro atoms. The van der Waals surface area contributed by atoms with Gasteiger partial charge in [0, 0.05) is 33.2 Å². The molecule has 1 aliphatic rings. The van der Waals surface area contributed by atoms with Crippen LogP contribution in [0.2, 0.25) is 0 Å².